The van der Waals surface area contributed by atoms with Gasteiger partial charge in [-0.2, -0.15) is 0 Å². The second-order valence-electron chi connectivity index (χ2n) is 7.05. The zero-order chi connectivity index (χ0) is 18.3. The number of hydrogen-bond donors (Lipinski definition) is 0. The molecule has 1 aliphatic rings. The van der Waals surface area contributed by atoms with Crippen LogP contribution in [0.15, 0.2) is 79.3 Å². The number of piperazine rings is 1. The monoisotopic (exact) mass is 358 g/mol. The van der Waals surface area contributed by atoms with Gasteiger partial charge in [-0.15, -0.1) is 0 Å². The Morgan fingerprint density at radius 3 is 1.96 bits per heavy atom. The Morgan fingerprint density at radius 2 is 1.41 bits per heavy atom. The molecule has 0 bridgehead atoms. The summed E-state index contributed by atoms with van der Waals surface area (Å²) < 4.78 is 0. The highest BCUT2D eigenvalue weighted by Crippen LogP contribution is 2.28. The van der Waals surface area contributed by atoms with Gasteiger partial charge in [0.25, 0.3) is 0 Å². The maximum atomic E-state index is 4.43. The van der Waals surface area contributed by atoms with E-state index < -0.39 is 0 Å². The molecule has 2 heterocycles. The van der Waals surface area contributed by atoms with Crippen molar-refractivity contribution in [3.8, 4) is 0 Å². The lowest BCUT2D eigenvalue weighted by molar-refractivity contribution is 0.251. The first-order valence-electron chi connectivity index (χ1n) is 9.73. The second kappa shape index (κ2) is 8.78. The van der Waals surface area contributed by atoms with Gasteiger partial charge < -0.3 is 4.90 Å². The van der Waals surface area contributed by atoms with Crippen LogP contribution in [-0.4, -0.2) is 47.6 Å². The molecule has 138 valence electrons. The molecule has 2 aromatic carbocycles. The predicted molar refractivity (Wildman–Crippen MR) is 110 cm³/mol. The topological polar surface area (TPSA) is 32.3 Å². The summed E-state index contributed by atoms with van der Waals surface area (Å²) in [4.78, 5) is 13.5. The van der Waals surface area contributed by atoms with Gasteiger partial charge in [-0.3, -0.25) is 9.88 Å². The Bertz CT molecular complexity index is 760. The number of rotatable bonds is 6. The first-order chi connectivity index (χ1) is 13.4. The first kappa shape index (κ1) is 17.7. The van der Waals surface area contributed by atoms with Gasteiger partial charge in [0.2, 0.25) is 0 Å². The van der Waals surface area contributed by atoms with Gasteiger partial charge in [-0.1, -0.05) is 60.7 Å². The normalized spacial score (nSPS) is 15.2. The van der Waals surface area contributed by atoms with Gasteiger partial charge in [0.1, 0.15) is 5.82 Å². The van der Waals surface area contributed by atoms with Crippen molar-refractivity contribution in [1.82, 2.24) is 14.9 Å². The molecule has 0 unspecified atom stereocenters. The summed E-state index contributed by atoms with van der Waals surface area (Å²) in [6.07, 6.45) is 6.49. The van der Waals surface area contributed by atoms with Crippen molar-refractivity contribution in [2.45, 2.75) is 12.3 Å². The van der Waals surface area contributed by atoms with Crippen LogP contribution < -0.4 is 4.90 Å². The van der Waals surface area contributed by atoms with Crippen LogP contribution in [0.4, 0.5) is 5.82 Å². The molecule has 0 aliphatic carbocycles. The van der Waals surface area contributed by atoms with E-state index in [-0.39, 0.29) is 0 Å². The lowest BCUT2D eigenvalue weighted by Crippen LogP contribution is -2.47. The molecular weight excluding hydrogens is 332 g/mol. The number of aromatic nitrogens is 2. The molecule has 4 heteroatoms. The summed E-state index contributed by atoms with van der Waals surface area (Å²) >= 11 is 0. The maximum absolute atomic E-state index is 4.43. The van der Waals surface area contributed by atoms with Crippen molar-refractivity contribution < 1.29 is 0 Å². The van der Waals surface area contributed by atoms with Crippen LogP contribution in [0.3, 0.4) is 0 Å². The Kier molecular flexibility index (Phi) is 5.75. The molecule has 0 amide bonds. The highest BCUT2D eigenvalue weighted by atomic mass is 15.3. The van der Waals surface area contributed by atoms with E-state index >= 15 is 0 Å². The quantitative estimate of drug-likeness (QED) is 0.670. The van der Waals surface area contributed by atoms with Crippen LogP contribution >= 0.6 is 0 Å². The molecule has 3 aromatic rings. The zero-order valence-corrected chi connectivity index (χ0v) is 15.6. The van der Waals surface area contributed by atoms with E-state index in [0.717, 1.165) is 45.0 Å². The third-order valence-corrected chi connectivity index (χ3v) is 5.38. The fraction of sp³-hybridized carbons (Fsp3) is 0.304. The Balaban J connectivity index is 1.38. The molecule has 0 saturated carbocycles. The second-order valence-corrected chi connectivity index (χ2v) is 7.05. The fourth-order valence-corrected chi connectivity index (χ4v) is 3.86. The minimum absolute atomic E-state index is 0.449. The molecule has 0 radical (unpaired) electrons. The fourth-order valence-electron chi connectivity index (χ4n) is 3.86. The maximum Gasteiger partial charge on any atom is 0.147 e. The summed E-state index contributed by atoms with van der Waals surface area (Å²) in [5.41, 5.74) is 2.81. The summed E-state index contributed by atoms with van der Waals surface area (Å²) in [5.74, 6) is 1.44. The molecule has 27 heavy (non-hydrogen) atoms. The summed E-state index contributed by atoms with van der Waals surface area (Å²) in [6, 6.07) is 21.8. The van der Waals surface area contributed by atoms with E-state index in [9.17, 15) is 0 Å². The molecule has 1 fully saturated rings. The number of benzene rings is 2. The molecule has 4 rings (SSSR count). The van der Waals surface area contributed by atoms with Crippen LogP contribution in [0.1, 0.15) is 23.5 Å². The standard InChI is InChI=1S/C23H26N4/c1-3-7-20(8-4-1)22(21-9-5-2-6-10-21)11-14-26-15-17-27(18-16-26)23-19-24-12-13-25-23/h1-10,12-13,19,22H,11,14-18H2. The lowest BCUT2D eigenvalue weighted by Gasteiger charge is -2.35. The average molecular weight is 358 g/mol. The molecule has 0 N–H and O–H groups in total. The van der Waals surface area contributed by atoms with Gasteiger partial charge in [-0.05, 0) is 24.1 Å². The minimum atomic E-state index is 0.449. The molecule has 1 aromatic heterocycles. The molecule has 0 atom stereocenters. The number of hydrogen-bond acceptors (Lipinski definition) is 4. The van der Waals surface area contributed by atoms with E-state index in [0.29, 0.717) is 5.92 Å². The van der Waals surface area contributed by atoms with Gasteiger partial charge in [-0.25, -0.2) is 4.98 Å². The average Bonchev–Trinajstić information content (AvgIpc) is 2.76. The number of anilines is 1. The third kappa shape index (κ3) is 4.52. The highest BCUT2D eigenvalue weighted by molar-refractivity contribution is 5.36. The predicted octanol–water partition coefficient (Wildman–Crippen LogP) is 3.82. The smallest absolute Gasteiger partial charge is 0.147 e. The van der Waals surface area contributed by atoms with E-state index in [1.807, 2.05) is 6.20 Å². The van der Waals surface area contributed by atoms with Crippen LogP contribution in [0.25, 0.3) is 0 Å². The van der Waals surface area contributed by atoms with E-state index in [1.54, 1.807) is 12.4 Å². The zero-order valence-electron chi connectivity index (χ0n) is 15.6. The molecular formula is C23H26N4. The molecule has 0 spiro atoms. The Hall–Kier alpha value is -2.72. The third-order valence-electron chi connectivity index (χ3n) is 5.38. The van der Waals surface area contributed by atoms with Crippen LogP contribution in [0, 0.1) is 0 Å². The van der Waals surface area contributed by atoms with Crippen molar-refractivity contribution in [3.63, 3.8) is 0 Å². The van der Waals surface area contributed by atoms with Crippen molar-refractivity contribution in [2.24, 2.45) is 0 Å². The Morgan fingerprint density at radius 1 is 0.778 bits per heavy atom. The van der Waals surface area contributed by atoms with Gasteiger partial charge in [0.15, 0.2) is 0 Å². The summed E-state index contributed by atoms with van der Waals surface area (Å²) in [6.45, 7) is 5.29. The molecule has 1 saturated heterocycles. The lowest BCUT2D eigenvalue weighted by atomic mass is 9.88. The van der Waals surface area contributed by atoms with Crippen LogP contribution in [0.5, 0.6) is 0 Å². The Labute approximate surface area is 161 Å². The minimum Gasteiger partial charge on any atom is -0.353 e. The molecule has 4 nitrogen and oxygen atoms in total. The summed E-state index contributed by atoms with van der Waals surface area (Å²) in [5, 5.41) is 0. The summed E-state index contributed by atoms with van der Waals surface area (Å²) in [7, 11) is 0. The SMILES string of the molecule is c1ccc(C(CCN2CCN(c3cnccn3)CC2)c2ccccc2)cc1. The van der Waals surface area contributed by atoms with Crippen molar-refractivity contribution in [3.05, 3.63) is 90.4 Å². The van der Waals surface area contributed by atoms with E-state index in [1.165, 1.54) is 11.1 Å². The molecule has 1 aliphatic heterocycles. The van der Waals surface area contributed by atoms with Crippen molar-refractivity contribution in [2.75, 3.05) is 37.6 Å². The highest BCUT2D eigenvalue weighted by Gasteiger charge is 2.20. The van der Waals surface area contributed by atoms with Crippen molar-refractivity contribution in [1.29, 1.82) is 0 Å². The largest absolute Gasteiger partial charge is 0.353 e. The van der Waals surface area contributed by atoms with E-state index in [4.69, 9.17) is 0 Å². The van der Waals surface area contributed by atoms with Gasteiger partial charge in [0.05, 0.1) is 6.20 Å². The van der Waals surface area contributed by atoms with Crippen molar-refractivity contribution >= 4 is 5.82 Å². The van der Waals surface area contributed by atoms with Gasteiger partial charge >= 0.3 is 0 Å². The van der Waals surface area contributed by atoms with E-state index in [2.05, 4.69) is 80.4 Å². The van der Waals surface area contributed by atoms with Crippen LogP contribution in [-0.2, 0) is 0 Å². The first-order valence-corrected chi connectivity index (χ1v) is 9.73. The number of nitrogens with zero attached hydrogens (tertiary/aromatic N) is 4. The van der Waals surface area contributed by atoms with Crippen LogP contribution in [0.2, 0.25) is 0 Å². The van der Waals surface area contributed by atoms with Gasteiger partial charge in [0, 0.05) is 44.5 Å².